The standard InChI is InChI=1S/C26H24N4O4S2/c1-16-7-10-19-13-20(26(31)27-24(19)17(16)2)15-30(14-18-8-11-21(34-3)12-9-18)36(32,33)23-6-4-5-22-25(23)29-35-28-22/h4-13H,14-15H2,1-3H3,(H,27,31). The van der Waals surface area contributed by atoms with Gasteiger partial charge in [-0.2, -0.15) is 13.1 Å². The van der Waals surface area contributed by atoms with Crippen LogP contribution < -0.4 is 10.3 Å². The van der Waals surface area contributed by atoms with Crippen molar-refractivity contribution in [1.82, 2.24) is 18.0 Å². The Morgan fingerprint density at radius 1 is 1.00 bits per heavy atom. The fourth-order valence-corrected chi connectivity index (χ4v) is 6.33. The Hall–Kier alpha value is -3.60. The van der Waals surface area contributed by atoms with Crippen molar-refractivity contribution in [3.05, 3.63) is 93.3 Å². The van der Waals surface area contributed by atoms with E-state index in [2.05, 4.69) is 13.7 Å². The fourth-order valence-electron chi connectivity index (χ4n) is 4.17. The van der Waals surface area contributed by atoms with Gasteiger partial charge in [0.1, 0.15) is 21.7 Å². The molecule has 3 aromatic carbocycles. The van der Waals surface area contributed by atoms with Crippen molar-refractivity contribution in [2.24, 2.45) is 0 Å². The predicted octanol–water partition coefficient (Wildman–Crippen LogP) is 4.55. The van der Waals surface area contributed by atoms with Crippen LogP contribution in [0.25, 0.3) is 21.9 Å². The number of pyridine rings is 1. The van der Waals surface area contributed by atoms with E-state index >= 15 is 0 Å². The number of nitrogens with one attached hydrogen (secondary N) is 1. The van der Waals surface area contributed by atoms with Gasteiger partial charge in [0.05, 0.1) is 24.4 Å². The fraction of sp³-hybridized carbons (Fsp3) is 0.192. The van der Waals surface area contributed by atoms with Crippen LogP contribution in [-0.4, -0.2) is 33.6 Å². The van der Waals surface area contributed by atoms with E-state index in [1.165, 1.54) is 10.4 Å². The molecule has 2 aromatic heterocycles. The highest BCUT2D eigenvalue weighted by Crippen LogP contribution is 2.28. The monoisotopic (exact) mass is 520 g/mol. The van der Waals surface area contributed by atoms with Crippen molar-refractivity contribution >= 4 is 43.7 Å². The van der Waals surface area contributed by atoms with Gasteiger partial charge in [0.15, 0.2) is 0 Å². The van der Waals surface area contributed by atoms with Crippen molar-refractivity contribution in [2.45, 2.75) is 31.8 Å². The minimum atomic E-state index is -4.04. The molecule has 0 aliphatic carbocycles. The van der Waals surface area contributed by atoms with Gasteiger partial charge in [-0.15, -0.1) is 0 Å². The maximum absolute atomic E-state index is 14.0. The highest BCUT2D eigenvalue weighted by molar-refractivity contribution is 7.89. The maximum Gasteiger partial charge on any atom is 0.252 e. The molecule has 0 aliphatic rings. The zero-order chi connectivity index (χ0) is 25.4. The molecular formula is C26H24N4O4S2. The van der Waals surface area contributed by atoms with Gasteiger partial charge in [-0.3, -0.25) is 4.79 Å². The number of aryl methyl sites for hydroxylation is 2. The van der Waals surface area contributed by atoms with E-state index in [0.29, 0.717) is 22.3 Å². The zero-order valence-corrected chi connectivity index (χ0v) is 21.6. The number of aromatic amines is 1. The summed E-state index contributed by atoms with van der Waals surface area (Å²) in [7, 11) is -2.47. The summed E-state index contributed by atoms with van der Waals surface area (Å²) in [5.74, 6) is 0.670. The summed E-state index contributed by atoms with van der Waals surface area (Å²) in [4.78, 5) is 16.1. The summed E-state index contributed by atoms with van der Waals surface area (Å²) in [5.41, 5.74) is 4.44. The molecule has 2 heterocycles. The van der Waals surface area contributed by atoms with E-state index in [0.717, 1.165) is 39.3 Å². The first kappa shape index (κ1) is 24.1. The van der Waals surface area contributed by atoms with Gasteiger partial charge in [0.25, 0.3) is 5.56 Å². The molecule has 1 N–H and O–H groups in total. The summed E-state index contributed by atoms with van der Waals surface area (Å²) >= 11 is 0.961. The number of benzene rings is 3. The number of H-pyrrole nitrogens is 1. The Bertz CT molecular complexity index is 1740. The first-order valence-electron chi connectivity index (χ1n) is 11.2. The van der Waals surface area contributed by atoms with Crippen LogP contribution in [0.5, 0.6) is 5.75 Å². The van der Waals surface area contributed by atoms with Crippen LogP contribution in [0.3, 0.4) is 0 Å². The number of nitrogens with zero attached hydrogens (tertiary/aromatic N) is 3. The lowest BCUT2D eigenvalue weighted by Crippen LogP contribution is -2.32. The van der Waals surface area contributed by atoms with E-state index < -0.39 is 10.0 Å². The molecule has 184 valence electrons. The van der Waals surface area contributed by atoms with Gasteiger partial charge < -0.3 is 9.72 Å². The summed E-state index contributed by atoms with van der Waals surface area (Å²) < 4.78 is 42.9. The number of ether oxygens (including phenoxy) is 1. The van der Waals surface area contributed by atoms with Crippen LogP contribution in [0.4, 0.5) is 0 Å². The molecule has 0 saturated heterocycles. The quantitative estimate of drug-likeness (QED) is 0.338. The third kappa shape index (κ3) is 4.39. The van der Waals surface area contributed by atoms with Crippen molar-refractivity contribution in [1.29, 1.82) is 0 Å². The summed E-state index contributed by atoms with van der Waals surface area (Å²) in [5, 5.41) is 0.847. The molecule has 10 heteroatoms. The smallest absolute Gasteiger partial charge is 0.252 e. The first-order chi connectivity index (χ1) is 17.3. The van der Waals surface area contributed by atoms with E-state index in [-0.39, 0.29) is 23.5 Å². The summed E-state index contributed by atoms with van der Waals surface area (Å²) in [6.07, 6.45) is 0. The van der Waals surface area contributed by atoms with E-state index in [4.69, 9.17) is 4.74 Å². The number of methoxy groups -OCH3 is 1. The number of rotatable bonds is 7. The molecule has 0 unspecified atom stereocenters. The van der Waals surface area contributed by atoms with E-state index in [1.807, 2.05) is 38.1 Å². The lowest BCUT2D eigenvalue weighted by molar-refractivity contribution is 0.398. The lowest BCUT2D eigenvalue weighted by atomic mass is 10.0. The Balaban J connectivity index is 1.61. The minimum absolute atomic E-state index is 0.0602. The molecule has 5 aromatic rings. The zero-order valence-electron chi connectivity index (χ0n) is 20.0. The second kappa shape index (κ2) is 9.45. The van der Waals surface area contributed by atoms with Crippen molar-refractivity contribution < 1.29 is 13.2 Å². The van der Waals surface area contributed by atoms with Crippen molar-refractivity contribution in [3.63, 3.8) is 0 Å². The molecule has 0 radical (unpaired) electrons. The maximum atomic E-state index is 14.0. The molecule has 0 bridgehead atoms. The number of hydrogen-bond donors (Lipinski definition) is 1. The summed E-state index contributed by atoms with van der Waals surface area (Å²) in [6, 6.07) is 17.8. The largest absolute Gasteiger partial charge is 0.497 e. The van der Waals surface area contributed by atoms with Crippen LogP contribution in [0.1, 0.15) is 22.3 Å². The normalized spacial score (nSPS) is 12.0. The third-order valence-electron chi connectivity index (χ3n) is 6.36. The molecule has 0 amide bonds. The highest BCUT2D eigenvalue weighted by Gasteiger charge is 2.29. The van der Waals surface area contributed by atoms with Crippen LogP contribution in [0.15, 0.2) is 70.4 Å². The highest BCUT2D eigenvalue weighted by atomic mass is 32.2. The minimum Gasteiger partial charge on any atom is -0.497 e. The number of aromatic nitrogens is 3. The SMILES string of the molecule is COc1ccc(CN(Cc2cc3ccc(C)c(C)c3[nH]c2=O)S(=O)(=O)c2cccc3nsnc23)cc1. The first-order valence-corrected chi connectivity index (χ1v) is 13.4. The second-order valence-electron chi connectivity index (χ2n) is 8.60. The Kier molecular flexibility index (Phi) is 6.33. The Labute approximate surface area is 212 Å². The molecule has 0 spiro atoms. The third-order valence-corrected chi connectivity index (χ3v) is 8.73. The molecule has 8 nitrogen and oxygen atoms in total. The van der Waals surface area contributed by atoms with Crippen LogP contribution >= 0.6 is 11.7 Å². The van der Waals surface area contributed by atoms with Gasteiger partial charge in [0.2, 0.25) is 10.0 Å². The molecular weight excluding hydrogens is 496 g/mol. The van der Waals surface area contributed by atoms with Crippen LogP contribution in [0, 0.1) is 13.8 Å². The number of hydrogen-bond acceptors (Lipinski definition) is 7. The van der Waals surface area contributed by atoms with Crippen LogP contribution in [-0.2, 0) is 23.1 Å². The summed E-state index contributed by atoms with van der Waals surface area (Å²) in [6.45, 7) is 3.89. The van der Waals surface area contributed by atoms with Gasteiger partial charge in [-0.1, -0.05) is 30.3 Å². The topological polar surface area (TPSA) is 105 Å². The van der Waals surface area contributed by atoms with E-state index in [1.54, 1.807) is 37.4 Å². The van der Waals surface area contributed by atoms with Crippen molar-refractivity contribution in [3.8, 4) is 5.75 Å². The molecule has 0 fully saturated rings. The van der Waals surface area contributed by atoms with Gasteiger partial charge in [0, 0.05) is 18.7 Å². The second-order valence-corrected chi connectivity index (χ2v) is 11.0. The lowest BCUT2D eigenvalue weighted by Gasteiger charge is -2.23. The van der Waals surface area contributed by atoms with Gasteiger partial charge in [-0.25, -0.2) is 8.42 Å². The molecule has 36 heavy (non-hydrogen) atoms. The molecule has 0 atom stereocenters. The number of sulfonamides is 1. The molecule has 0 aliphatic heterocycles. The van der Waals surface area contributed by atoms with Crippen LogP contribution in [0.2, 0.25) is 0 Å². The number of fused-ring (bicyclic) bond motifs is 2. The van der Waals surface area contributed by atoms with Gasteiger partial charge in [-0.05, 0) is 66.3 Å². The molecule has 5 rings (SSSR count). The average Bonchev–Trinajstić information content (AvgIpc) is 3.36. The van der Waals surface area contributed by atoms with Crippen molar-refractivity contribution in [2.75, 3.05) is 7.11 Å². The van der Waals surface area contributed by atoms with Gasteiger partial charge >= 0.3 is 0 Å². The predicted molar refractivity (Wildman–Crippen MR) is 141 cm³/mol. The Morgan fingerprint density at radius 3 is 2.53 bits per heavy atom. The molecule has 0 saturated carbocycles. The Morgan fingerprint density at radius 2 is 1.78 bits per heavy atom. The average molecular weight is 521 g/mol. The van der Waals surface area contributed by atoms with E-state index in [9.17, 15) is 13.2 Å².